The molecule has 0 aromatic heterocycles. The molecule has 0 spiro atoms. The summed E-state index contributed by atoms with van der Waals surface area (Å²) < 4.78 is 0. The SMILES string of the molecule is C=C(C)C(=O)O.CCC.CCCCCCCC(=O)O.[PbH2].[PbH2]. The molecular formula is C15H34O4Pb2. The fourth-order valence-corrected chi connectivity index (χ4v) is 0.880. The van der Waals surface area contributed by atoms with Crippen molar-refractivity contribution in [3.63, 3.8) is 0 Å². The van der Waals surface area contributed by atoms with Crippen molar-refractivity contribution in [1.29, 1.82) is 0 Å². The van der Waals surface area contributed by atoms with Gasteiger partial charge in [0.1, 0.15) is 0 Å². The van der Waals surface area contributed by atoms with Crippen LogP contribution in [0.15, 0.2) is 12.2 Å². The van der Waals surface area contributed by atoms with Gasteiger partial charge < -0.3 is 10.2 Å². The van der Waals surface area contributed by atoms with E-state index >= 15 is 0 Å². The summed E-state index contributed by atoms with van der Waals surface area (Å²) in [4.78, 5) is 19.6. The molecule has 4 nitrogen and oxygen atoms in total. The first-order valence-electron chi connectivity index (χ1n) is 6.93. The number of rotatable bonds is 7. The summed E-state index contributed by atoms with van der Waals surface area (Å²) in [7, 11) is 0. The van der Waals surface area contributed by atoms with Gasteiger partial charge in [0, 0.05) is 12.0 Å². The molecule has 0 aromatic rings. The van der Waals surface area contributed by atoms with Gasteiger partial charge in [-0.3, -0.25) is 4.79 Å². The zero-order chi connectivity index (χ0) is 15.7. The number of hydrogen-bond acceptors (Lipinski definition) is 2. The van der Waals surface area contributed by atoms with Gasteiger partial charge in [-0.2, -0.15) is 0 Å². The van der Waals surface area contributed by atoms with Crippen LogP contribution >= 0.6 is 0 Å². The van der Waals surface area contributed by atoms with E-state index in [2.05, 4.69) is 27.4 Å². The van der Waals surface area contributed by atoms with E-state index in [-0.39, 0.29) is 60.2 Å². The summed E-state index contributed by atoms with van der Waals surface area (Å²) >= 11 is 0. The second kappa shape index (κ2) is 28.7. The van der Waals surface area contributed by atoms with Crippen molar-refractivity contribution in [2.75, 3.05) is 0 Å². The monoisotopic (exact) mass is 694 g/mol. The number of hydrogen-bond donors (Lipinski definition) is 2. The molecule has 126 valence electrons. The van der Waals surface area contributed by atoms with Crippen LogP contribution in [0.2, 0.25) is 0 Å². The maximum atomic E-state index is 10.0. The van der Waals surface area contributed by atoms with Crippen LogP contribution in [-0.4, -0.2) is 76.7 Å². The summed E-state index contributed by atoms with van der Waals surface area (Å²) in [6, 6.07) is 0. The van der Waals surface area contributed by atoms with Crippen LogP contribution in [-0.2, 0) is 9.59 Å². The van der Waals surface area contributed by atoms with Crippen molar-refractivity contribution in [2.24, 2.45) is 0 Å². The van der Waals surface area contributed by atoms with E-state index in [4.69, 9.17) is 10.2 Å². The van der Waals surface area contributed by atoms with E-state index in [1.807, 2.05) is 0 Å². The molecule has 0 fully saturated rings. The second-order valence-corrected chi connectivity index (χ2v) is 4.35. The molecule has 0 rings (SSSR count). The predicted octanol–water partition coefficient (Wildman–Crippen LogP) is 2.66. The molecule has 0 heterocycles. The quantitative estimate of drug-likeness (QED) is 0.245. The van der Waals surface area contributed by atoms with Crippen molar-refractivity contribution in [1.82, 2.24) is 0 Å². The van der Waals surface area contributed by atoms with Crippen LogP contribution in [0.25, 0.3) is 0 Å². The topological polar surface area (TPSA) is 74.6 Å². The minimum absolute atomic E-state index is 0. The van der Waals surface area contributed by atoms with Gasteiger partial charge in [0.2, 0.25) is 0 Å². The van der Waals surface area contributed by atoms with Gasteiger partial charge in [-0.15, -0.1) is 0 Å². The number of aliphatic carboxylic acids is 2. The Morgan fingerprint density at radius 1 is 0.905 bits per heavy atom. The molecule has 0 amide bonds. The zero-order valence-corrected chi connectivity index (χ0v) is 25.3. The van der Waals surface area contributed by atoms with Gasteiger partial charge >= 0.3 is 66.5 Å². The predicted molar refractivity (Wildman–Crippen MR) is 96.5 cm³/mol. The Morgan fingerprint density at radius 3 is 1.48 bits per heavy atom. The van der Waals surface area contributed by atoms with Crippen LogP contribution in [0.4, 0.5) is 0 Å². The van der Waals surface area contributed by atoms with Gasteiger partial charge in [-0.25, -0.2) is 4.79 Å². The average molecular weight is 693 g/mol. The van der Waals surface area contributed by atoms with E-state index in [0.717, 1.165) is 12.8 Å². The van der Waals surface area contributed by atoms with Crippen LogP contribution in [0.1, 0.15) is 72.6 Å². The third-order valence-electron chi connectivity index (χ3n) is 1.86. The van der Waals surface area contributed by atoms with Gasteiger partial charge in [0.05, 0.1) is 0 Å². The molecule has 21 heavy (non-hydrogen) atoms. The minimum atomic E-state index is -0.935. The Hall–Kier alpha value is 0.524. The van der Waals surface area contributed by atoms with Gasteiger partial charge in [0.15, 0.2) is 0 Å². The van der Waals surface area contributed by atoms with Crippen molar-refractivity contribution in [3.8, 4) is 0 Å². The average Bonchev–Trinajstić information content (AvgIpc) is 2.30. The van der Waals surface area contributed by atoms with E-state index in [1.54, 1.807) is 0 Å². The summed E-state index contributed by atoms with van der Waals surface area (Å²) in [5.41, 5.74) is 0.176. The second-order valence-electron chi connectivity index (χ2n) is 4.35. The molecular weight excluding hydrogens is 659 g/mol. The Bertz CT molecular complexity index is 232. The first-order valence-corrected chi connectivity index (χ1v) is 6.93. The van der Waals surface area contributed by atoms with Gasteiger partial charge in [0.25, 0.3) is 0 Å². The van der Waals surface area contributed by atoms with E-state index in [9.17, 15) is 9.59 Å². The molecule has 0 bridgehead atoms. The van der Waals surface area contributed by atoms with Crippen molar-refractivity contribution in [3.05, 3.63) is 12.2 Å². The first-order chi connectivity index (χ1) is 8.83. The first kappa shape index (κ1) is 33.2. The standard InChI is InChI=1S/C8H16O2.C4H6O2.C3H8.2Pb.4H/c1-2-3-4-5-6-7-8(9)10;1-3(2)4(5)6;1-3-2;;;;;;/h2-7H2,1H3,(H,9,10);1H2,2H3,(H,5,6);3H2,1-2H3;;;;;;. The Balaban J connectivity index is -0.0000000673. The zero-order valence-electron chi connectivity index (χ0n) is 14.3. The van der Waals surface area contributed by atoms with Crippen LogP contribution in [0.5, 0.6) is 0 Å². The molecule has 0 unspecified atom stereocenters. The molecule has 0 saturated heterocycles. The summed E-state index contributed by atoms with van der Waals surface area (Å²) in [5, 5.41) is 16.2. The third kappa shape index (κ3) is 53.0. The number of unbranched alkanes of at least 4 members (excludes halogenated alkanes) is 4. The number of carboxylic acids is 2. The molecule has 0 aliphatic heterocycles. The fourth-order valence-electron chi connectivity index (χ4n) is 0.880. The Kier molecular flexibility index (Phi) is 45.3. The van der Waals surface area contributed by atoms with Crippen molar-refractivity contribution in [2.45, 2.75) is 72.6 Å². The molecule has 0 saturated carbocycles. The summed E-state index contributed by atoms with van der Waals surface area (Å²) in [6.07, 6.45) is 7.13. The van der Waals surface area contributed by atoms with Gasteiger partial charge in [-0.1, -0.05) is 59.5 Å². The summed E-state index contributed by atoms with van der Waals surface area (Å²) in [6.45, 7) is 11.0. The van der Waals surface area contributed by atoms with E-state index in [1.165, 1.54) is 32.6 Å². The Morgan fingerprint density at radius 2 is 1.24 bits per heavy atom. The van der Waals surface area contributed by atoms with E-state index in [0.29, 0.717) is 6.42 Å². The molecule has 0 aliphatic carbocycles. The fraction of sp³-hybridized carbons (Fsp3) is 0.733. The normalized spacial score (nSPS) is 7.62. The molecule has 0 atom stereocenters. The number of carboxylic acid groups (broad SMARTS) is 2. The Labute approximate surface area is 170 Å². The third-order valence-corrected chi connectivity index (χ3v) is 1.86. The van der Waals surface area contributed by atoms with Crippen LogP contribution < -0.4 is 0 Å². The van der Waals surface area contributed by atoms with Gasteiger partial charge in [-0.05, 0) is 13.3 Å². The van der Waals surface area contributed by atoms with Crippen molar-refractivity contribution >= 4 is 66.5 Å². The maximum absolute atomic E-state index is 10.0. The molecule has 6 heteroatoms. The molecule has 2 N–H and O–H groups in total. The van der Waals surface area contributed by atoms with Crippen LogP contribution in [0, 0.1) is 0 Å². The number of carbonyl (C=O) groups is 2. The summed E-state index contributed by atoms with van der Waals surface area (Å²) in [5.74, 6) is -1.61. The van der Waals surface area contributed by atoms with E-state index < -0.39 is 11.9 Å². The van der Waals surface area contributed by atoms with Crippen molar-refractivity contribution < 1.29 is 19.8 Å². The molecule has 4 radical (unpaired) electrons. The molecule has 0 aromatic carbocycles. The molecule has 0 aliphatic rings. The van der Waals surface area contributed by atoms with Crippen LogP contribution in [0.3, 0.4) is 0 Å².